The molecular weight excluding hydrogens is 170 g/mol. The van der Waals surface area contributed by atoms with Gasteiger partial charge in [0.1, 0.15) is 0 Å². The largest absolute Gasteiger partial charge is 0.317 e. The molecule has 2 rings (SSSR count). The van der Waals surface area contributed by atoms with Crippen molar-refractivity contribution in [2.45, 2.75) is 25.7 Å². The molecule has 1 heterocycles. The van der Waals surface area contributed by atoms with Crippen LogP contribution in [0.15, 0.2) is 36.5 Å². The monoisotopic (exact) mass is 189 g/mol. The second-order valence-electron chi connectivity index (χ2n) is 4.38. The molecule has 0 saturated carbocycles. The number of hydrogen-bond donors (Lipinski definition) is 1. The van der Waals surface area contributed by atoms with Crippen molar-refractivity contribution in [3.63, 3.8) is 0 Å². The Morgan fingerprint density at radius 1 is 1.07 bits per heavy atom. The van der Waals surface area contributed by atoms with E-state index in [2.05, 4.69) is 24.6 Å². The van der Waals surface area contributed by atoms with Crippen LogP contribution in [0.4, 0.5) is 0 Å². The second-order valence-corrected chi connectivity index (χ2v) is 4.38. The van der Waals surface area contributed by atoms with Gasteiger partial charge in [-0.05, 0) is 55.3 Å². The van der Waals surface area contributed by atoms with Crippen molar-refractivity contribution in [3.05, 3.63) is 36.5 Å². The summed E-state index contributed by atoms with van der Waals surface area (Å²) in [5, 5.41) is 3.43. The molecule has 14 heavy (non-hydrogen) atoms. The summed E-state index contributed by atoms with van der Waals surface area (Å²) < 4.78 is 0. The number of rotatable bonds is 2. The van der Waals surface area contributed by atoms with Gasteiger partial charge in [0.25, 0.3) is 0 Å². The normalized spacial score (nSPS) is 25.4. The van der Waals surface area contributed by atoms with Crippen molar-refractivity contribution >= 4 is 0 Å². The minimum absolute atomic E-state index is 0.441. The highest BCUT2D eigenvalue weighted by molar-refractivity contribution is 5.41. The maximum Gasteiger partial charge on any atom is -0.00172 e. The van der Waals surface area contributed by atoms with Crippen LogP contribution in [0.25, 0.3) is 0 Å². The van der Waals surface area contributed by atoms with Gasteiger partial charge in [0.2, 0.25) is 0 Å². The van der Waals surface area contributed by atoms with E-state index in [1.807, 2.05) is 6.08 Å². The Labute approximate surface area is 86.6 Å². The molecule has 1 spiro atoms. The molecule has 0 unspecified atom stereocenters. The summed E-state index contributed by atoms with van der Waals surface area (Å²) in [6.45, 7) is 10.2. The van der Waals surface area contributed by atoms with Crippen molar-refractivity contribution in [1.82, 2.24) is 5.32 Å². The highest BCUT2D eigenvalue weighted by Gasteiger charge is 2.39. The lowest BCUT2D eigenvalue weighted by Gasteiger charge is -2.35. The van der Waals surface area contributed by atoms with E-state index >= 15 is 0 Å². The fourth-order valence-electron chi connectivity index (χ4n) is 2.97. The summed E-state index contributed by atoms with van der Waals surface area (Å²) in [5.74, 6) is 0. The molecular formula is C13H19N. The number of nitrogens with one attached hydrogen (secondary N) is 1. The summed E-state index contributed by atoms with van der Waals surface area (Å²) in [4.78, 5) is 0. The Morgan fingerprint density at radius 3 is 2.36 bits per heavy atom. The Balaban J connectivity index is 2.32. The lowest BCUT2D eigenvalue weighted by Crippen LogP contribution is -2.36. The van der Waals surface area contributed by atoms with E-state index in [9.17, 15) is 0 Å². The summed E-state index contributed by atoms with van der Waals surface area (Å²) in [7, 11) is 0. The Hall–Kier alpha value is -0.820. The van der Waals surface area contributed by atoms with Gasteiger partial charge in [-0.2, -0.15) is 0 Å². The van der Waals surface area contributed by atoms with Crippen LogP contribution >= 0.6 is 0 Å². The van der Waals surface area contributed by atoms with Crippen molar-refractivity contribution in [1.29, 1.82) is 0 Å². The van der Waals surface area contributed by atoms with E-state index in [0.717, 1.165) is 13.1 Å². The highest BCUT2D eigenvalue weighted by atomic mass is 14.9. The Kier molecular flexibility index (Phi) is 2.60. The maximum absolute atomic E-state index is 3.96. The van der Waals surface area contributed by atoms with E-state index in [1.165, 1.54) is 36.8 Å². The van der Waals surface area contributed by atoms with E-state index < -0.39 is 0 Å². The zero-order chi connectivity index (χ0) is 10.0. The van der Waals surface area contributed by atoms with E-state index in [-0.39, 0.29) is 0 Å². The van der Waals surface area contributed by atoms with E-state index in [0.29, 0.717) is 5.41 Å². The predicted molar refractivity (Wildman–Crippen MR) is 61.2 cm³/mol. The van der Waals surface area contributed by atoms with Crippen LogP contribution < -0.4 is 5.32 Å². The molecule has 1 saturated heterocycles. The van der Waals surface area contributed by atoms with Crippen LogP contribution in [0.2, 0.25) is 0 Å². The van der Waals surface area contributed by atoms with Gasteiger partial charge in [-0.3, -0.25) is 0 Å². The van der Waals surface area contributed by atoms with Gasteiger partial charge in [0.05, 0.1) is 0 Å². The topological polar surface area (TPSA) is 12.0 Å². The van der Waals surface area contributed by atoms with Gasteiger partial charge in [-0.15, -0.1) is 0 Å². The molecule has 0 aromatic heterocycles. The minimum atomic E-state index is 0.441. The lowest BCUT2D eigenvalue weighted by molar-refractivity contribution is 0.257. The maximum atomic E-state index is 3.96. The minimum Gasteiger partial charge on any atom is -0.317 e. The summed E-state index contributed by atoms with van der Waals surface area (Å²) in [5.41, 5.74) is 3.35. The van der Waals surface area contributed by atoms with Gasteiger partial charge in [-0.25, -0.2) is 0 Å². The molecule has 0 radical (unpaired) electrons. The number of allylic oxidation sites excluding steroid dienone is 4. The van der Waals surface area contributed by atoms with Gasteiger partial charge in [0.15, 0.2) is 0 Å². The van der Waals surface area contributed by atoms with Crippen LogP contribution in [-0.2, 0) is 0 Å². The Bertz CT molecular complexity index is 280. The summed E-state index contributed by atoms with van der Waals surface area (Å²) in [6.07, 6.45) is 9.13. The smallest absolute Gasteiger partial charge is 0.00172 e. The van der Waals surface area contributed by atoms with Crippen LogP contribution in [0.1, 0.15) is 25.7 Å². The Morgan fingerprint density at radius 2 is 1.79 bits per heavy atom. The van der Waals surface area contributed by atoms with E-state index in [4.69, 9.17) is 0 Å². The predicted octanol–water partition coefficient (Wildman–Crippen LogP) is 2.82. The molecule has 0 aromatic carbocycles. The number of hydrogen-bond acceptors (Lipinski definition) is 1. The third-order valence-electron chi connectivity index (χ3n) is 3.80. The first kappa shape index (κ1) is 9.72. The third-order valence-corrected chi connectivity index (χ3v) is 3.80. The molecule has 76 valence electrons. The molecule has 0 atom stereocenters. The van der Waals surface area contributed by atoms with Gasteiger partial charge in [-0.1, -0.05) is 25.3 Å². The average Bonchev–Trinajstić information content (AvgIpc) is 2.57. The molecule has 1 aliphatic heterocycles. The fraction of sp³-hybridized carbons (Fsp3) is 0.538. The highest BCUT2D eigenvalue weighted by Crippen LogP contribution is 2.49. The third kappa shape index (κ3) is 1.36. The zero-order valence-electron chi connectivity index (χ0n) is 8.81. The average molecular weight is 189 g/mol. The molecule has 0 bridgehead atoms. The molecule has 1 fully saturated rings. The zero-order valence-corrected chi connectivity index (χ0v) is 8.81. The summed E-state index contributed by atoms with van der Waals surface area (Å²) >= 11 is 0. The molecule has 0 aromatic rings. The van der Waals surface area contributed by atoms with Crippen LogP contribution in [0, 0.1) is 5.41 Å². The van der Waals surface area contributed by atoms with Gasteiger partial charge in [0, 0.05) is 0 Å². The lowest BCUT2D eigenvalue weighted by atomic mass is 9.73. The molecule has 1 aliphatic carbocycles. The van der Waals surface area contributed by atoms with Gasteiger partial charge < -0.3 is 5.32 Å². The standard InChI is InChI=1S/C13H19N/c1-3-11-5-6-13(12(11)4-2)7-9-14-10-8-13/h3-4,14H,1-2,5-10H2. The SMILES string of the molecule is C=CC1=C(C=C)C2(CCNCC2)CC1. The molecule has 1 nitrogen and oxygen atoms in total. The molecule has 0 amide bonds. The van der Waals surface area contributed by atoms with Crippen LogP contribution in [0.5, 0.6) is 0 Å². The van der Waals surface area contributed by atoms with Crippen molar-refractivity contribution < 1.29 is 0 Å². The van der Waals surface area contributed by atoms with Gasteiger partial charge >= 0.3 is 0 Å². The molecule has 1 N–H and O–H groups in total. The van der Waals surface area contributed by atoms with Crippen LogP contribution in [0.3, 0.4) is 0 Å². The fourth-order valence-corrected chi connectivity index (χ4v) is 2.97. The van der Waals surface area contributed by atoms with E-state index in [1.54, 1.807) is 0 Å². The van der Waals surface area contributed by atoms with Crippen molar-refractivity contribution in [2.75, 3.05) is 13.1 Å². The van der Waals surface area contributed by atoms with Crippen molar-refractivity contribution in [2.24, 2.45) is 5.41 Å². The molecule has 2 aliphatic rings. The summed E-state index contributed by atoms with van der Waals surface area (Å²) in [6, 6.07) is 0. The van der Waals surface area contributed by atoms with Crippen LogP contribution in [-0.4, -0.2) is 13.1 Å². The van der Waals surface area contributed by atoms with Crippen molar-refractivity contribution in [3.8, 4) is 0 Å². The number of piperidine rings is 1. The first-order valence-electron chi connectivity index (χ1n) is 5.52. The second kappa shape index (κ2) is 3.74. The quantitative estimate of drug-likeness (QED) is 0.704. The molecule has 1 heteroatoms. The first-order chi connectivity index (χ1) is 6.82. The first-order valence-corrected chi connectivity index (χ1v) is 5.52.